The lowest BCUT2D eigenvalue weighted by atomic mass is 10.1. The van der Waals surface area contributed by atoms with E-state index in [1.807, 2.05) is 36.4 Å². The van der Waals surface area contributed by atoms with Gasteiger partial charge in [-0.2, -0.15) is 0 Å². The van der Waals surface area contributed by atoms with E-state index in [1.165, 1.54) is 6.33 Å². The van der Waals surface area contributed by atoms with Gasteiger partial charge >= 0.3 is 0 Å². The highest BCUT2D eigenvalue weighted by atomic mass is 16.5. The van der Waals surface area contributed by atoms with Gasteiger partial charge in [0.15, 0.2) is 11.5 Å². The number of hydrogen-bond acceptors (Lipinski definition) is 8. The maximum absolute atomic E-state index is 5.36. The zero-order chi connectivity index (χ0) is 19.2. The number of para-hydroxylation sites is 1. The zero-order valence-corrected chi connectivity index (χ0v) is 15.2. The van der Waals surface area contributed by atoms with Crippen molar-refractivity contribution < 1.29 is 9.47 Å². The van der Waals surface area contributed by atoms with E-state index in [9.17, 15) is 0 Å². The Morgan fingerprint density at radius 3 is 2.22 bits per heavy atom. The summed E-state index contributed by atoms with van der Waals surface area (Å²) in [7, 11) is 4.92. The predicted molar refractivity (Wildman–Crippen MR) is 101 cm³/mol. The fourth-order valence-corrected chi connectivity index (χ4v) is 2.44. The number of nitrogens with zero attached hydrogens (tertiary/aromatic N) is 6. The molecule has 0 aliphatic heterocycles. The average Bonchev–Trinajstić information content (AvgIpc) is 3.13. The Morgan fingerprint density at radius 2 is 1.67 bits per heavy atom. The summed E-state index contributed by atoms with van der Waals surface area (Å²) in [6.45, 7) is 0. The van der Waals surface area contributed by atoms with Gasteiger partial charge in [-0.15, -0.1) is 5.10 Å². The second-order valence-corrected chi connectivity index (χ2v) is 5.48. The quantitative estimate of drug-likeness (QED) is 0.549. The molecule has 0 aliphatic carbocycles. The number of hydrogen-bond donors (Lipinski definition) is 1. The third kappa shape index (κ3) is 3.92. The van der Waals surface area contributed by atoms with Crippen LogP contribution in [0.5, 0.6) is 11.5 Å². The molecule has 0 aliphatic rings. The molecular formula is C18H19N7O2. The second-order valence-electron chi connectivity index (χ2n) is 5.48. The minimum Gasteiger partial charge on any atom is -0.493 e. The number of tetrazole rings is 1. The van der Waals surface area contributed by atoms with Crippen molar-refractivity contribution in [2.75, 3.05) is 20.0 Å². The summed E-state index contributed by atoms with van der Waals surface area (Å²) in [5.74, 6) is 1.77. The molecule has 0 fully saturated rings. The maximum atomic E-state index is 5.36. The molecule has 0 saturated carbocycles. The van der Waals surface area contributed by atoms with Gasteiger partial charge in [-0.3, -0.25) is 0 Å². The van der Waals surface area contributed by atoms with Gasteiger partial charge in [0.2, 0.25) is 5.82 Å². The van der Waals surface area contributed by atoms with Crippen LogP contribution in [0.4, 0.5) is 5.69 Å². The number of nitrogens with two attached hydrogens (primary N) is 1. The van der Waals surface area contributed by atoms with E-state index < -0.39 is 0 Å². The standard InChI is InChI=1S/C12H12N6O2.C6H7N/c1-18-12(15-16-17-18)11-7-4-9(19-2)10(20-3)5-8(7)13-6-14-11;7-6-4-2-1-3-5-6/h4-6H,1-3H3;1-5H,7H2. The van der Waals surface area contributed by atoms with Gasteiger partial charge in [0.1, 0.15) is 12.0 Å². The SMILES string of the molecule is COc1cc2ncnc(-c3nnnn3C)c2cc1OC.Nc1ccccc1. The van der Waals surface area contributed by atoms with E-state index in [-0.39, 0.29) is 0 Å². The van der Waals surface area contributed by atoms with Gasteiger partial charge in [-0.1, -0.05) is 18.2 Å². The highest BCUT2D eigenvalue weighted by Gasteiger charge is 2.15. The summed E-state index contributed by atoms with van der Waals surface area (Å²) in [4.78, 5) is 8.51. The first-order valence-corrected chi connectivity index (χ1v) is 8.04. The minimum atomic E-state index is 0.560. The summed E-state index contributed by atoms with van der Waals surface area (Å²) in [5.41, 5.74) is 7.55. The lowest BCUT2D eigenvalue weighted by Crippen LogP contribution is -1.99. The summed E-state index contributed by atoms with van der Waals surface area (Å²) in [6.07, 6.45) is 1.47. The Labute approximate surface area is 155 Å². The third-order valence-electron chi connectivity index (χ3n) is 3.77. The van der Waals surface area contributed by atoms with Gasteiger partial charge in [0.05, 0.1) is 19.7 Å². The number of methoxy groups -OCH3 is 2. The molecule has 4 rings (SSSR count). The Morgan fingerprint density at radius 1 is 0.963 bits per heavy atom. The number of aryl methyl sites for hydroxylation is 1. The number of nitrogen functional groups attached to an aromatic ring is 1. The third-order valence-corrected chi connectivity index (χ3v) is 3.77. The fraction of sp³-hybridized carbons (Fsp3) is 0.167. The molecule has 2 N–H and O–H groups in total. The van der Waals surface area contributed by atoms with Crippen molar-refractivity contribution in [2.45, 2.75) is 0 Å². The normalized spacial score (nSPS) is 10.2. The number of anilines is 1. The van der Waals surface area contributed by atoms with Crippen molar-refractivity contribution in [3.8, 4) is 23.0 Å². The zero-order valence-electron chi connectivity index (χ0n) is 15.2. The summed E-state index contributed by atoms with van der Waals surface area (Å²) < 4.78 is 12.1. The van der Waals surface area contributed by atoms with E-state index in [2.05, 4.69) is 25.5 Å². The highest BCUT2D eigenvalue weighted by Crippen LogP contribution is 2.34. The van der Waals surface area contributed by atoms with Crippen LogP contribution in [0.3, 0.4) is 0 Å². The number of ether oxygens (including phenoxy) is 2. The molecule has 0 saturated heterocycles. The highest BCUT2D eigenvalue weighted by molar-refractivity contribution is 5.92. The van der Waals surface area contributed by atoms with Crippen molar-refractivity contribution in [1.82, 2.24) is 30.2 Å². The van der Waals surface area contributed by atoms with Crippen molar-refractivity contribution in [2.24, 2.45) is 7.05 Å². The van der Waals surface area contributed by atoms with Gasteiger partial charge in [0, 0.05) is 24.2 Å². The van der Waals surface area contributed by atoms with Crippen LogP contribution in [-0.4, -0.2) is 44.4 Å². The maximum Gasteiger partial charge on any atom is 0.201 e. The molecule has 138 valence electrons. The lowest BCUT2D eigenvalue weighted by Gasteiger charge is -2.10. The molecule has 2 aromatic heterocycles. The number of benzene rings is 2. The van der Waals surface area contributed by atoms with Crippen molar-refractivity contribution >= 4 is 16.6 Å². The lowest BCUT2D eigenvalue weighted by molar-refractivity contribution is 0.356. The van der Waals surface area contributed by atoms with Crippen LogP contribution in [0.25, 0.3) is 22.4 Å². The minimum absolute atomic E-state index is 0.560. The fourth-order valence-electron chi connectivity index (χ4n) is 2.44. The molecule has 9 heteroatoms. The summed E-state index contributed by atoms with van der Waals surface area (Å²) in [5, 5.41) is 12.2. The van der Waals surface area contributed by atoms with E-state index >= 15 is 0 Å². The first kappa shape index (κ1) is 18.1. The molecule has 0 radical (unpaired) electrons. The van der Waals surface area contributed by atoms with Crippen LogP contribution < -0.4 is 15.2 Å². The average molecular weight is 365 g/mol. The van der Waals surface area contributed by atoms with E-state index in [0.717, 1.165) is 16.6 Å². The van der Waals surface area contributed by atoms with Gasteiger partial charge in [-0.25, -0.2) is 14.6 Å². The van der Waals surface area contributed by atoms with E-state index in [1.54, 1.807) is 32.0 Å². The first-order chi connectivity index (χ1) is 13.1. The van der Waals surface area contributed by atoms with Crippen LogP contribution in [0.1, 0.15) is 0 Å². The number of aromatic nitrogens is 6. The van der Waals surface area contributed by atoms with Crippen LogP contribution in [0.15, 0.2) is 48.8 Å². The molecule has 0 unspecified atom stereocenters. The molecule has 0 bridgehead atoms. The smallest absolute Gasteiger partial charge is 0.201 e. The Hall–Kier alpha value is -3.75. The molecular weight excluding hydrogens is 346 g/mol. The Balaban J connectivity index is 0.000000253. The van der Waals surface area contributed by atoms with Crippen LogP contribution in [-0.2, 0) is 7.05 Å². The van der Waals surface area contributed by atoms with Gasteiger partial charge in [0.25, 0.3) is 0 Å². The molecule has 27 heavy (non-hydrogen) atoms. The van der Waals surface area contributed by atoms with Gasteiger partial charge in [-0.05, 0) is 28.6 Å². The second kappa shape index (κ2) is 8.09. The Bertz CT molecular complexity index is 1030. The number of rotatable bonds is 3. The van der Waals surface area contributed by atoms with Crippen LogP contribution in [0.2, 0.25) is 0 Å². The largest absolute Gasteiger partial charge is 0.493 e. The summed E-state index contributed by atoms with van der Waals surface area (Å²) in [6, 6.07) is 13.1. The van der Waals surface area contributed by atoms with Crippen molar-refractivity contribution in [3.63, 3.8) is 0 Å². The molecule has 2 aromatic carbocycles. The molecule has 9 nitrogen and oxygen atoms in total. The van der Waals surface area contributed by atoms with E-state index in [4.69, 9.17) is 15.2 Å². The Kier molecular flexibility index (Phi) is 5.41. The van der Waals surface area contributed by atoms with Crippen LogP contribution >= 0.6 is 0 Å². The molecule has 0 amide bonds. The first-order valence-electron chi connectivity index (χ1n) is 8.04. The predicted octanol–water partition coefficient (Wildman–Crippen LogP) is 2.11. The van der Waals surface area contributed by atoms with Crippen molar-refractivity contribution in [3.05, 3.63) is 48.8 Å². The van der Waals surface area contributed by atoms with Crippen LogP contribution in [0, 0.1) is 0 Å². The monoisotopic (exact) mass is 365 g/mol. The number of fused-ring (bicyclic) bond motifs is 1. The van der Waals surface area contributed by atoms with E-state index in [0.29, 0.717) is 23.0 Å². The van der Waals surface area contributed by atoms with Crippen molar-refractivity contribution in [1.29, 1.82) is 0 Å². The summed E-state index contributed by atoms with van der Waals surface area (Å²) >= 11 is 0. The van der Waals surface area contributed by atoms with Gasteiger partial charge < -0.3 is 15.2 Å². The molecule has 0 atom stereocenters. The molecule has 2 heterocycles. The topological polar surface area (TPSA) is 114 Å². The molecule has 0 spiro atoms. The molecule has 4 aromatic rings.